The van der Waals surface area contributed by atoms with Gasteiger partial charge in [0, 0.05) is 36.2 Å². The van der Waals surface area contributed by atoms with E-state index in [9.17, 15) is 13.2 Å². The molecule has 3 aromatic rings. The first-order chi connectivity index (χ1) is 15.4. The summed E-state index contributed by atoms with van der Waals surface area (Å²) in [5.74, 6) is 0.679. The number of pyridine rings is 1. The van der Waals surface area contributed by atoms with Gasteiger partial charge in [-0.1, -0.05) is 23.7 Å². The fourth-order valence-electron chi connectivity index (χ4n) is 3.16. The quantitative estimate of drug-likeness (QED) is 0.484. The Morgan fingerprint density at radius 1 is 1.12 bits per heavy atom. The number of hydrogen-bond acceptors (Lipinski definition) is 6. The molecule has 0 unspecified atom stereocenters. The average molecular weight is 492 g/mol. The van der Waals surface area contributed by atoms with Crippen LogP contribution >= 0.6 is 11.6 Å². The minimum absolute atomic E-state index is 0.00799. The van der Waals surface area contributed by atoms with Crippen LogP contribution in [0.4, 0.5) is 10.5 Å². The molecule has 0 saturated heterocycles. The van der Waals surface area contributed by atoms with E-state index in [0.717, 1.165) is 5.56 Å². The van der Waals surface area contributed by atoms with Gasteiger partial charge in [-0.25, -0.2) is 18.2 Å². The molecule has 0 bridgehead atoms. The molecule has 0 radical (unpaired) electrons. The van der Waals surface area contributed by atoms with Gasteiger partial charge < -0.3 is 9.47 Å². The number of nitrogens with zero attached hydrogens (tertiary/aromatic N) is 2. The molecule has 1 aromatic heterocycles. The predicted octanol–water partition coefficient (Wildman–Crippen LogP) is 5.06. The second-order valence-corrected chi connectivity index (χ2v) is 10.8. The summed E-state index contributed by atoms with van der Waals surface area (Å²) in [7, 11) is -0.913. The molecule has 1 heterocycles. The molecule has 2 aromatic carbocycles. The Kier molecular flexibility index (Phi) is 7.16. The smallest absolute Gasteiger partial charge is 0.412 e. The number of aromatic nitrogens is 1. The van der Waals surface area contributed by atoms with Crippen LogP contribution in [0.15, 0.2) is 53.6 Å². The summed E-state index contributed by atoms with van der Waals surface area (Å²) in [6, 6.07) is 11.7. The number of amides is 1. The highest BCUT2D eigenvalue weighted by molar-refractivity contribution is 7.89. The highest BCUT2D eigenvalue weighted by atomic mass is 35.5. The number of sulfonamides is 1. The van der Waals surface area contributed by atoms with Gasteiger partial charge in [0.2, 0.25) is 10.0 Å². The first-order valence-corrected chi connectivity index (χ1v) is 11.9. The Bertz CT molecular complexity index is 1270. The maximum Gasteiger partial charge on any atom is 0.412 e. The van der Waals surface area contributed by atoms with Crippen molar-refractivity contribution in [1.82, 2.24) is 9.29 Å². The molecule has 8 nitrogen and oxygen atoms in total. The summed E-state index contributed by atoms with van der Waals surface area (Å²) >= 11 is 6.26. The Balaban J connectivity index is 2.01. The largest absolute Gasteiger partial charge is 0.497 e. The number of fused-ring (bicyclic) bond motifs is 1. The number of ether oxygens (including phenoxy) is 2. The van der Waals surface area contributed by atoms with Gasteiger partial charge in [0.25, 0.3) is 0 Å². The normalized spacial score (nSPS) is 12.1. The fraction of sp³-hybridized carbons (Fsp3) is 0.304. The van der Waals surface area contributed by atoms with Crippen molar-refractivity contribution < 1.29 is 22.7 Å². The molecule has 10 heteroatoms. The molecule has 1 amide bonds. The summed E-state index contributed by atoms with van der Waals surface area (Å²) < 4.78 is 38.8. The Hall–Kier alpha value is -2.88. The summed E-state index contributed by atoms with van der Waals surface area (Å²) in [4.78, 5) is 16.3. The molecular formula is C23H26ClN3O5S. The summed E-state index contributed by atoms with van der Waals surface area (Å²) in [6.45, 7) is 5.34. The lowest BCUT2D eigenvalue weighted by Gasteiger charge is -2.21. The third-order valence-electron chi connectivity index (χ3n) is 4.69. The van der Waals surface area contributed by atoms with E-state index in [2.05, 4.69) is 10.3 Å². The zero-order chi connectivity index (χ0) is 24.4. The van der Waals surface area contributed by atoms with Crippen molar-refractivity contribution >= 4 is 44.2 Å². The van der Waals surface area contributed by atoms with Gasteiger partial charge >= 0.3 is 6.09 Å². The number of rotatable bonds is 6. The first-order valence-electron chi connectivity index (χ1n) is 10.1. The van der Waals surface area contributed by atoms with Crippen LogP contribution in [0.5, 0.6) is 5.75 Å². The molecule has 1 N–H and O–H groups in total. The molecule has 33 heavy (non-hydrogen) atoms. The molecule has 0 aliphatic rings. The van der Waals surface area contributed by atoms with Crippen LogP contribution in [0.3, 0.4) is 0 Å². The summed E-state index contributed by atoms with van der Waals surface area (Å²) in [5, 5.41) is 3.49. The zero-order valence-electron chi connectivity index (χ0n) is 19.0. The van der Waals surface area contributed by atoms with Gasteiger partial charge in [-0.15, -0.1) is 0 Å². The molecule has 0 spiro atoms. The molecule has 0 saturated carbocycles. The number of methoxy groups -OCH3 is 1. The Labute approximate surface area is 198 Å². The standard InChI is InChI=1S/C23H26ClN3O5S/c1-23(2,3)32-22(28)26-16-12-19-18(10-11-25-21(19)24)20(13-16)33(29,30)27(4)14-15-6-8-17(31-5)9-7-15/h6-13H,14H2,1-5H3,(H,26,28). The molecule has 0 aliphatic carbocycles. The third kappa shape index (κ3) is 5.93. The maximum atomic E-state index is 13.5. The van der Waals surface area contributed by atoms with E-state index in [1.807, 2.05) is 0 Å². The topological polar surface area (TPSA) is 97.8 Å². The van der Waals surface area contributed by atoms with E-state index >= 15 is 0 Å². The molecule has 0 atom stereocenters. The molecular weight excluding hydrogens is 466 g/mol. The Morgan fingerprint density at radius 3 is 2.39 bits per heavy atom. The van der Waals surface area contributed by atoms with Crippen LogP contribution in [-0.4, -0.2) is 43.6 Å². The van der Waals surface area contributed by atoms with Crippen LogP contribution in [-0.2, 0) is 21.3 Å². The van der Waals surface area contributed by atoms with Crippen molar-refractivity contribution in [3.63, 3.8) is 0 Å². The highest BCUT2D eigenvalue weighted by Crippen LogP contribution is 2.33. The van der Waals surface area contributed by atoms with Crippen molar-refractivity contribution in [2.45, 2.75) is 37.8 Å². The second kappa shape index (κ2) is 9.54. The number of hydrogen-bond donors (Lipinski definition) is 1. The monoisotopic (exact) mass is 491 g/mol. The van der Waals surface area contributed by atoms with Crippen LogP contribution < -0.4 is 10.1 Å². The van der Waals surface area contributed by atoms with Crippen LogP contribution in [0, 0.1) is 0 Å². The van der Waals surface area contributed by atoms with E-state index in [4.69, 9.17) is 21.1 Å². The summed E-state index contributed by atoms with van der Waals surface area (Å²) in [5.41, 5.74) is 0.296. The zero-order valence-corrected chi connectivity index (χ0v) is 20.6. The van der Waals surface area contributed by atoms with Gasteiger partial charge in [0.05, 0.1) is 12.0 Å². The predicted molar refractivity (Wildman–Crippen MR) is 128 cm³/mol. The third-order valence-corrected chi connectivity index (χ3v) is 6.84. The van der Waals surface area contributed by atoms with Crippen LogP contribution in [0.1, 0.15) is 26.3 Å². The van der Waals surface area contributed by atoms with Gasteiger partial charge in [-0.3, -0.25) is 5.32 Å². The minimum atomic E-state index is -3.97. The fourth-order valence-corrected chi connectivity index (χ4v) is 4.76. The van der Waals surface area contributed by atoms with Crippen molar-refractivity contribution in [2.75, 3.05) is 19.5 Å². The molecule has 3 rings (SSSR count). The van der Waals surface area contributed by atoms with Crippen molar-refractivity contribution in [2.24, 2.45) is 0 Å². The maximum absolute atomic E-state index is 13.5. The number of anilines is 1. The lowest BCUT2D eigenvalue weighted by molar-refractivity contribution is 0.0636. The van der Waals surface area contributed by atoms with E-state index in [0.29, 0.717) is 16.5 Å². The summed E-state index contributed by atoms with van der Waals surface area (Å²) in [6.07, 6.45) is 0.727. The van der Waals surface area contributed by atoms with E-state index in [1.165, 1.54) is 23.6 Å². The molecule has 0 fully saturated rings. The van der Waals surface area contributed by atoms with Gasteiger partial charge in [-0.05, 0) is 56.7 Å². The average Bonchev–Trinajstić information content (AvgIpc) is 2.73. The van der Waals surface area contributed by atoms with Crippen molar-refractivity contribution in [3.05, 3.63) is 59.4 Å². The van der Waals surface area contributed by atoms with E-state index in [1.54, 1.807) is 64.3 Å². The highest BCUT2D eigenvalue weighted by Gasteiger charge is 2.26. The van der Waals surface area contributed by atoms with Crippen LogP contribution in [0.25, 0.3) is 10.8 Å². The molecule has 0 aliphatic heterocycles. The first kappa shape index (κ1) is 24.8. The lowest BCUT2D eigenvalue weighted by atomic mass is 10.1. The van der Waals surface area contributed by atoms with Gasteiger partial charge in [0.1, 0.15) is 16.5 Å². The minimum Gasteiger partial charge on any atom is -0.497 e. The van der Waals surface area contributed by atoms with E-state index < -0.39 is 21.7 Å². The SMILES string of the molecule is COc1ccc(CN(C)S(=O)(=O)c2cc(NC(=O)OC(C)(C)C)cc3c(Cl)nccc23)cc1. The number of nitrogens with one attached hydrogen (secondary N) is 1. The van der Waals surface area contributed by atoms with Crippen molar-refractivity contribution in [1.29, 1.82) is 0 Å². The molecule has 176 valence electrons. The lowest BCUT2D eigenvalue weighted by Crippen LogP contribution is -2.28. The number of carbonyl (C=O) groups excluding carboxylic acids is 1. The Morgan fingerprint density at radius 2 is 1.79 bits per heavy atom. The number of benzene rings is 2. The van der Waals surface area contributed by atoms with Gasteiger partial charge in [-0.2, -0.15) is 4.31 Å². The number of halogens is 1. The second-order valence-electron chi connectivity index (χ2n) is 8.41. The van der Waals surface area contributed by atoms with E-state index in [-0.39, 0.29) is 22.3 Å². The van der Waals surface area contributed by atoms with Crippen molar-refractivity contribution in [3.8, 4) is 5.75 Å². The number of carbonyl (C=O) groups is 1. The van der Waals surface area contributed by atoms with Gasteiger partial charge in [0.15, 0.2) is 0 Å². The van der Waals surface area contributed by atoms with Crippen LogP contribution in [0.2, 0.25) is 5.15 Å².